The maximum atomic E-state index is 12.4. The van der Waals surface area contributed by atoms with Crippen LogP contribution in [0.2, 0.25) is 0 Å². The van der Waals surface area contributed by atoms with E-state index >= 15 is 0 Å². The van der Waals surface area contributed by atoms with Gasteiger partial charge in [0.25, 0.3) is 0 Å². The van der Waals surface area contributed by atoms with Gasteiger partial charge in [0.15, 0.2) is 0 Å². The van der Waals surface area contributed by atoms with Gasteiger partial charge in [-0.05, 0) is 31.1 Å². The first-order valence-electron chi connectivity index (χ1n) is 7.64. The first kappa shape index (κ1) is 17.0. The van der Waals surface area contributed by atoms with Gasteiger partial charge >= 0.3 is 0 Å². The van der Waals surface area contributed by atoms with Crippen molar-refractivity contribution in [2.75, 3.05) is 6.61 Å². The number of amides is 2. The third kappa shape index (κ3) is 5.12. The number of carbonyl (C=O) groups is 2. The van der Waals surface area contributed by atoms with E-state index in [0.717, 1.165) is 25.7 Å². The molecular weight excluding hydrogens is 256 g/mol. The zero-order chi connectivity index (χ0) is 15.1. The van der Waals surface area contributed by atoms with Crippen LogP contribution in [0, 0.1) is 11.8 Å². The fraction of sp³-hybridized carbons (Fsp3) is 0.867. The highest BCUT2D eigenvalue weighted by Crippen LogP contribution is 2.28. The van der Waals surface area contributed by atoms with Gasteiger partial charge in [-0.15, -0.1) is 0 Å². The van der Waals surface area contributed by atoms with Crippen LogP contribution < -0.4 is 10.6 Å². The van der Waals surface area contributed by atoms with Crippen molar-refractivity contribution in [3.63, 3.8) is 0 Å². The molecule has 116 valence electrons. The minimum absolute atomic E-state index is 0.0508. The minimum atomic E-state index is -0.435. The first-order chi connectivity index (χ1) is 9.45. The lowest BCUT2D eigenvalue weighted by Gasteiger charge is -2.28. The molecule has 0 saturated heterocycles. The maximum Gasteiger partial charge on any atom is 0.243 e. The molecule has 0 spiro atoms. The fourth-order valence-electron chi connectivity index (χ4n) is 2.89. The Balaban J connectivity index is 2.68. The Hall–Kier alpha value is -1.10. The minimum Gasteiger partial charge on any atom is -0.396 e. The third-order valence-corrected chi connectivity index (χ3v) is 4.08. The molecule has 0 aromatic heterocycles. The van der Waals surface area contributed by atoms with Crippen molar-refractivity contribution in [1.29, 1.82) is 0 Å². The SMILES string of the molecule is CC(=O)NC(C(=O)NC(CCO)C(C)C)C1CCCC1. The number of aliphatic hydroxyl groups is 1. The monoisotopic (exact) mass is 284 g/mol. The summed E-state index contributed by atoms with van der Waals surface area (Å²) in [5.41, 5.74) is 0. The molecule has 0 bridgehead atoms. The average molecular weight is 284 g/mol. The molecule has 1 aliphatic carbocycles. The van der Waals surface area contributed by atoms with Crippen LogP contribution in [0.5, 0.6) is 0 Å². The molecule has 0 heterocycles. The van der Waals surface area contributed by atoms with Gasteiger partial charge in [0.05, 0.1) is 0 Å². The lowest BCUT2D eigenvalue weighted by molar-refractivity contribution is -0.130. The Morgan fingerprint density at radius 2 is 1.80 bits per heavy atom. The van der Waals surface area contributed by atoms with Crippen LogP contribution in [-0.2, 0) is 9.59 Å². The molecule has 1 saturated carbocycles. The van der Waals surface area contributed by atoms with Crippen LogP contribution in [0.15, 0.2) is 0 Å². The Bertz CT molecular complexity index is 325. The van der Waals surface area contributed by atoms with Crippen LogP contribution in [0.3, 0.4) is 0 Å². The Morgan fingerprint density at radius 1 is 1.20 bits per heavy atom. The summed E-state index contributed by atoms with van der Waals surface area (Å²) in [7, 11) is 0. The quantitative estimate of drug-likeness (QED) is 0.657. The van der Waals surface area contributed by atoms with Crippen molar-refractivity contribution >= 4 is 11.8 Å². The predicted molar refractivity (Wildman–Crippen MR) is 78.0 cm³/mol. The Labute approximate surface area is 121 Å². The zero-order valence-electron chi connectivity index (χ0n) is 12.8. The van der Waals surface area contributed by atoms with Crippen molar-refractivity contribution in [2.45, 2.75) is 65.0 Å². The number of carbonyl (C=O) groups excluding carboxylic acids is 2. The second-order valence-corrected chi connectivity index (χ2v) is 6.09. The fourth-order valence-corrected chi connectivity index (χ4v) is 2.89. The summed E-state index contributed by atoms with van der Waals surface area (Å²) in [4.78, 5) is 23.8. The van der Waals surface area contributed by atoms with Gasteiger partial charge in [0.1, 0.15) is 6.04 Å². The highest BCUT2D eigenvalue weighted by molar-refractivity contribution is 5.87. The van der Waals surface area contributed by atoms with Crippen LogP contribution in [0.4, 0.5) is 0 Å². The number of nitrogens with one attached hydrogen (secondary N) is 2. The third-order valence-electron chi connectivity index (χ3n) is 4.08. The lowest BCUT2D eigenvalue weighted by atomic mass is 9.95. The lowest BCUT2D eigenvalue weighted by Crippen LogP contribution is -2.53. The van der Waals surface area contributed by atoms with Gasteiger partial charge in [-0.3, -0.25) is 9.59 Å². The van der Waals surface area contributed by atoms with E-state index in [1.54, 1.807) is 0 Å². The van der Waals surface area contributed by atoms with Crippen LogP contribution in [0.1, 0.15) is 52.9 Å². The summed E-state index contributed by atoms with van der Waals surface area (Å²) < 4.78 is 0. The molecule has 2 unspecified atom stereocenters. The summed E-state index contributed by atoms with van der Waals surface area (Å²) in [5.74, 6) is 0.216. The molecular formula is C15H28N2O3. The maximum absolute atomic E-state index is 12.4. The molecule has 3 N–H and O–H groups in total. The van der Waals surface area contributed by atoms with Crippen LogP contribution in [0.25, 0.3) is 0 Å². The number of aliphatic hydroxyl groups excluding tert-OH is 1. The molecule has 0 aliphatic heterocycles. The molecule has 0 aromatic rings. The molecule has 0 radical (unpaired) electrons. The molecule has 5 nitrogen and oxygen atoms in total. The van der Waals surface area contributed by atoms with Crippen LogP contribution >= 0.6 is 0 Å². The van der Waals surface area contributed by atoms with Gasteiger partial charge in [-0.25, -0.2) is 0 Å². The highest BCUT2D eigenvalue weighted by atomic mass is 16.3. The largest absolute Gasteiger partial charge is 0.396 e. The molecule has 1 rings (SSSR count). The summed E-state index contributed by atoms with van der Waals surface area (Å²) in [6, 6.07) is -0.486. The molecule has 1 fully saturated rings. The Morgan fingerprint density at radius 3 is 2.25 bits per heavy atom. The predicted octanol–water partition coefficient (Wildman–Crippen LogP) is 1.20. The van der Waals surface area contributed by atoms with E-state index in [0.29, 0.717) is 6.42 Å². The number of rotatable bonds is 7. The highest BCUT2D eigenvalue weighted by Gasteiger charge is 2.32. The summed E-state index contributed by atoms with van der Waals surface area (Å²) in [6.07, 6.45) is 4.77. The normalized spacial score (nSPS) is 18.9. The van der Waals surface area contributed by atoms with Gasteiger partial charge in [0.2, 0.25) is 11.8 Å². The number of hydrogen-bond donors (Lipinski definition) is 3. The van der Waals surface area contributed by atoms with Gasteiger partial charge in [-0.2, -0.15) is 0 Å². The Kier molecular flexibility index (Phi) is 6.99. The molecule has 20 heavy (non-hydrogen) atoms. The van der Waals surface area contributed by atoms with E-state index in [1.165, 1.54) is 6.92 Å². The standard InChI is InChI=1S/C15H28N2O3/c1-10(2)13(8-9-18)17-15(20)14(16-11(3)19)12-6-4-5-7-12/h10,12-14,18H,4-9H2,1-3H3,(H,16,19)(H,17,20). The molecule has 5 heteroatoms. The van der Waals surface area contributed by atoms with Gasteiger partial charge in [0, 0.05) is 19.6 Å². The van der Waals surface area contributed by atoms with E-state index in [9.17, 15) is 9.59 Å². The second-order valence-electron chi connectivity index (χ2n) is 6.09. The van der Waals surface area contributed by atoms with E-state index in [4.69, 9.17) is 5.11 Å². The van der Waals surface area contributed by atoms with Crippen molar-refractivity contribution in [3.8, 4) is 0 Å². The van der Waals surface area contributed by atoms with Crippen molar-refractivity contribution in [3.05, 3.63) is 0 Å². The van der Waals surface area contributed by atoms with Crippen LogP contribution in [-0.4, -0.2) is 35.6 Å². The number of hydrogen-bond acceptors (Lipinski definition) is 3. The van der Waals surface area contributed by atoms with Crippen molar-refractivity contribution < 1.29 is 14.7 Å². The van der Waals surface area contributed by atoms with Gasteiger partial charge in [-0.1, -0.05) is 26.7 Å². The summed E-state index contributed by atoms with van der Waals surface area (Å²) >= 11 is 0. The molecule has 2 atom stereocenters. The van der Waals surface area contributed by atoms with E-state index in [-0.39, 0.29) is 36.3 Å². The molecule has 0 aromatic carbocycles. The second kappa shape index (κ2) is 8.25. The first-order valence-corrected chi connectivity index (χ1v) is 7.64. The molecule has 2 amide bonds. The zero-order valence-corrected chi connectivity index (χ0v) is 12.8. The smallest absolute Gasteiger partial charge is 0.243 e. The summed E-state index contributed by atoms with van der Waals surface area (Å²) in [5, 5.41) is 14.9. The van der Waals surface area contributed by atoms with Gasteiger partial charge < -0.3 is 15.7 Å². The summed E-state index contributed by atoms with van der Waals surface area (Å²) in [6.45, 7) is 5.54. The van der Waals surface area contributed by atoms with E-state index in [1.807, 2.05) is 13.8 Å². The van der Waals surface area contributed by atoms with E-state index in [2.05, 4.69) is 10.6 Å². The van der Waals surface area contributed by atoms with Crippen molar-refractivity contribution in [1.82, 2.24) is 10.6 Å². The average Bonchev–Trinajstić information content (AvgIpc) is 2.88. The van der Waals surface area contributed by atoms with E-state index < -0.39 is 6.04 Å². The molecule has 1 aliphatic rings. The topological polar surface area (TPSA) is 78.4 Å². The van der Waals surface area contributed by atoms with Crippen molar-refractivity contribution in [2.24, 2.45) is 11.8 Å².